The first-order chi connectivity index (χ1) is 10.0. The lowest BCUT2D eigenvalue weighted by atomic mass is 10.2. The molecule has 1 aliphatic heterocycles. The van der Waals surface area contributed by atoms with Crippen LogP contribution in [0, 0.1) is 0 Å². The summed E-state index contributed by atoms with van der Waals surface area (Å²) < 4.78 is 0. The molecule has 0 aliphatic carbocycles. The van der Waals surface area contributed by atoms with Gasteiger partial charge in [0.05, 0.1) is 0 Å². The maximum absolute atomic E-state index is 11.9. The lowest BCUT2D eigenvalue weighted by Gasteiger charge is -2.06. The second-order valence-electron chi connectivity index (χ2n) is 4.30. The predicted octanol–water partition coefficient (Wildman–Crippen LogP) is 0.654. The van der Waals surface area contributed by atoms with Crippen LogP contribution in [0.4, 0.5) is 5.69 Å². The largest absolute Gasteiger partial charge is 0.326 e. The molecule has 1 aromatic carbocycles. The van der Waals surface area contributed by atoms with Crippen LogP contribution in [0.1, 0.15) is 13.3 Å². The minimum absolute atomic E-state index is 0.0322. The molecule has 1 atom stereocenters. The first kappa shape index (κ1) is 15.0. The fourth-order valence-electron chi connectivity index (χ4n) is 1.62. The molecule has 110 valence electrons. The molecule has 1 aromatic rings. The Hall–Kier alpha value is -2.35. The summed E-state index contributed by atoms with van der Waals surface area (Å²) in [6.07, 6.45) is 0.0322. The van der Waals surface area contributed by atoms with E-state index in [0.29, 0.717) is 5.69 Å². The van der Waals surface area contributed by atoms with E-state index in [-0.39, 0.29) is 29.3 Å². The molecule has 1 fully saturated rings. The van der Waals surface area contributed by atoms with Gasteiger partial charge in [0.25, 0.3) is 0 Å². The van der Waals surface area contributed by atoms with Gasteiger partial charge in [-0.3, -0.25) is 14.4 Å². The Kier molecular flexibility index (Phi) is 4.94. The second kappa shape index (κ2) is 6.89. The number of nitrogens with zero attached hydrogens (tertiary/aromatic N) is 1. The quantitative estimate of drug-likeness (QED) is 0.711. The normalized spacial score (nSPS) is 19.2. The highest BCUT2D eigenvalue weighted by Crippen LogP contribution is 2.22. The Balaban J connectivity index is 1.88. The van der Waals surface area contributed by atoms with Crippen molar-refractivity contribution in [3.63, 3.8) is 0 Å². The monoisotopic (exact) mass is 306 g/mol. The Morgan fingerprint density at radius 2 is 2.05 bits per heavy atom. The van der Waals surface area contributed by atoms with Crippen LogP contribution in [0.15, 0.2) is 35.4 Å². The van der Waals surface area contributed by atoms with Gasteiger partial charge in [-0.25, -0.2) is 5.43 Å². The van der Waals surface area contributed by atoms with Crippen molar-refractivity contribution in [2.75, 3.05) is 5.32 Å². The van der Waals surface area contributed by atoms with E-state index in [0.717, 1.165) is 11.8 Å². The molecular weight excluding hydrogens is 292 g/mol. The zero-order valence-corrected chi connectivity index (χ0v) is 12.1. The molecule has 0 bridgehead atoms. The van der Waals surface area contributed by atoms with Crippen LogP contribution in [-0.2, 0) is 14.4 Å². The highest BCUT2D eigenvalue weighted by Gasteiger charge is 2.32. The molecule has 0 unspecified atom stereocenters. The highest BCUT2D eigenvalue weighted by molar-refractivity contribution is 8.15. The average Bonchev–Trinajstić information content (AvgIpc) is 2.78. The average molecular weight is 306 g/mol. The number of para-hydroxylation sites is 1. The molecule has 0 radical (unpaired) electrons. The number of amidine groups is 1. The third-order valence-corrected chi connectivity index (χ3v) is 3.60. The molecule has 7 nitrogen and oxygen atoms in total. The van der Waals surface area contributed by atoms with E-state index in [1.807, 2.05) is 18.2 Å². The molecule has 0 saturated carbocycles. The van der Waals surface area contributed by atoms with Crippen LogP contribution in [-0.4, -0.2) is 28.1 Å². The molecular formula is C13H14N4O3S. The topological polar surface area (TPSA) is 99.7 Å². The van der Waals surface area contributed by atoms with Gasteiger partial charge in [0, 0.05) is 19.0 Å². The molecule has 8 heteroatoms. The highest BCUT2D eigenvalue weighted by atomic mass is 32.2. The number of amides is 3. The predicted molar refractivity (Wildman–Crippen MR) is 80.5 cm³/mol. The van der Waals surface area contributed by atoms with Crippen molar-refractivity contribution in [2.24, 2.45) is 5.10 Å². The van der Waals surface area contributed by atoms with Gasteiger partial charge in [-0.1, -0.05) is 30.0 Å². The van der Waals surface area contributed by atoms with Gasteiger partial charge in [0.2, 0.25) is 17.7 Å². The molecule has 2 rings (SSSR count). The van der Waals surface area contributed by atoms with Crippen molar-refractivity contribution in [3.8, 4) is 0 Å². The number of hydrogen-bond donors (Lipinski definition) is 3. The van der Waals surface area contributed by atoms with Gasteiger partial charge in [-0.2, -0.15) is 0 Å². The van der Waals surface area contributed by atoms with E-state index in [9.17, 15) is 14.4 Å². The summed E-state index contributed by atoms with van der Waals surface area (Å²) in [4.78, 5) is 34.3. The van der Waals surface area contributed by atoms with Crippen LogP contribution in [0.5, 0.6) is 0 Å². The standard InChI is InChI=1S/C13H14N4O3S/c1-8(18)16-17-13-15-12(20)10(21-13)7-11(19)14-9-5-3-2-4-6-9/h2-6,10H,7H2,1H3,(H,14,19)(H,16,18)(H,15,17,20)/t10-/m1/s1. The van der Waals surface area contributed by atoms with E-state index < -0.39 is 5.25 Å². The van der Waals surface area contributed by atoms with Crippen molar-refractivity contribution >= 4 is 40.3 Å². The van der Waals surface area contributed by atoms with Crippen LogP contribution >= 0.6 is 11.8 Å². The van der Waals surface area contributed by atoms with Crippen LogP contribution in [0.25, 0.3) is 0 Å². The zero-order chi connectivity index (χ0) is 15.2. The number of carbonyl (C=O) groups excluding carboxylic acids is 3. The number of rotatable bonds is 4. The third kappa shape index (κ3) is 4.60. The third-order valence-electron chi connectivity index (χ3n) is 2.52. The van der Waals surface area contributed by atoms with Gasteiger partial charge < -0.3 is 10.6 Å². The number of carbonyl (C=O) groups is 3. The van der Waals surface area contributed by atoms with Gasteiger partial charge >= 0.3 is 0 Å². The molecule has 3 amide bonds. The van der Waals surface area contributed by atoms with Crippen molar-refractivity contribution in [1.29, 1.82) is 0 Å². The SMILES string of the molecule is CC(=O)N/N=C1\NC(=O)[C@@H](CC(=O)Nc2ccccc2)S1. The summed E-state index contributed by atoms with van der Waals surface area (Å²) in [6, 6.07) is 9.00. The van der Waals surface area contributed by atoms with Crippen LogP contribution in [0.2, 0.25) is 0 Å². The fraction of sp³-hybridized carbons (Fsp3) is 0.231. The maximum atomic E-state index is 11.9. The number of hydrazone groups is 1. The van der Waals surface area contributed by atoms with Gasteiger partial charge in [0.1, 0.15) is 5.25 Å². The summed E-state index contributed by atoms with van der Waals surface area (Å²) in [5.74, 6) is -0.885. The van der Waals surface area contributed by atoms with E-state index in [4.69, 9.17) is 0 Å². The number of nitrogens with one attached hydrogen (secondary N) is 3. The Morgan fingerprint density at radius 3 is 2.71 bits per heavy atom. The van der Waals surface area contributed by atoms with Gasteiger partial charge in [-0.15, -0.1) is 5.10 Å². The van der Waals surface area contributed by atoms with E-state index in [1.54, 1.807) is 12.1 Å². The molecule has 1 aliphatic rings. The van der Waals surface area contributed by atoms with E-state index in [1.165, 1.54) is 6.92 Å². The number of thioether (sulfide) groups is 1. The van der Waals surface area contributed by atoms with Crippen molar-refractivity contribution in [3.05, 3.63) is 30.3 Å². The molecule has 0 aromatic heterocycles. The van der Waals surface area contributed by atoms with Crippen LogP contribution < -0.4 is 16.1 Å². The number of anilines is 1. The maximum Gasteiger partial charge on any atom is 0.240 e. The van der Waals surface area contributed by atoms with Crippen molar-refractivity contribution in [1.82, 2.24) is 10.7 Å². The first-order valence-corrected chi connectivity index (χ1v) is 7.09. The number of hydrogen-bond acceptors (Lipinski definition) is 5. The minimum atomic E-state index is -0.554. The van der Waals surface area contributed by atoms with Gasteiger partial charge in [-0.05, 0) is 12.1 Å². The molecule has 0 spiro atoms. The number of benzene rings is 1. The van der Waals surface area contributed by atoms with Gasteiger partial charge in [0.15, 0.2) is 5.17 Å². The molecule has 3 N–H and O–H groups in total. The molecule has 21 heavy (non-hydrogen) atoms. The summed E-state index contributed by atoms with van der Waals surface area (Å²) in [5.41, 5.74) is 2.91. The van der Waals surface area contributed by atoms with Crippen molar-refractivity contribution in [2.45, 2.75) is 18.6 Å². The van der Waals surface area contributed by atoms with E-state index in [2.05, 4.69) is 21.2 Å². The summed E-state index contributed by atoms with van der Waals surface area (Å²) in [6.45, 7) is 1.32. The summed E-state index contributed by atoms with van der Waals surface area (Å²) in [5, 5.41) is 8.68. The molecule has 1 saturated heterocycles. The summed E-state index contributed by atoms with van der Waals surface area (Å²) >= 11 is 1.11. The first-order valence-electron chi connectivity index (χ1n) is 6.21. The summed E-state index contributed by atoms with van der Waals surface area (Å²) in [7, 11) is 0. The second-order valence-corrected chi connectivity index (χ2v) is 5.49. The fourth-order valence-corrected chi connectivity index (χ4v) is 2.55. The Morgan fingerprint density at radius 1 is 1.33 bits per heavy atom. The Bertz CT molecular complexity index is 588. The lowest BCUT2D eigenvalue weighted by Crippen LogP contribution is -2.28. The van der Waals surface area contributed by atoms with Crippen LogP contribution in [0.3, 0.4) is 0 Å². The zero-order valence-electron chi connectivity index (χ0n) is 11.3. The van der Waals surface area contributed by atoms with E-state index >= 15 is 0 Å². The van der Waals surface area contributed by atoms with Crippen molar-refractivity contribution < 1.29 is 14.4 Å². The Labute approximate surface area is 125 Å². The molecule has 1 heterocycles. The lowest BCUT2D eigenvalue weighted by molar-refractivity contribution is -0.122. The smallest absolute Gasteiger partial charge is 0.240 e. The minimum Gasteiger partial charge on any atom is -0.326 e.